The largest absolute Gasteiger partial charge is 0.480 e. The molecule has 1 amide bonds. The summed E-state index contributed by atoms with van der Waals surface area (Å²) in [6.45, 7) is 5.13. The van der Waals surface area contributed by atoms with Crippen LogP contribution in [0.15, 0.2) is 18.2 Å². The van der Waals surface area contributed by atoms with Crippen LogP contribution in [0.1, 0.15) is 17.0 Å². The zero-order valence-electron chi connectivity index (χ0n) is 12.8. The predicted octanol–water partition coefficient (Wildman–Crippen LogP) is 4.98. The quantitative estimate of drug-likeness (QED) is 0.822. The van der Waals surface area contributed by atoms with Crippen LogP contribution in [0.3, 0.4) is 0 Å². The maximum Gasteiger partial charge on any atom is 0.262 e. The van der Waals surface area contributed by atoms with Gasteiger partial charge in [-0.15, -0.1) is 0 Å². The van der Waals surface area contributed by atoms with Crippen molar-refractivity contribution in [3.05, 3.63) is 50.2 Å². The van der Waals surface area contributed by atoms with E-state index in [0.29, 0.717) is 32.1 Å². The lowest BCUT2D eigenvalue weighted by atomic mass is 10.2. The third-order valence-corrected chi connectivity index (χ3v) is 4.32. The second kappa shape index (κ2) is 7.39. The summed E-state index contributed by atoms with van der Waals surface area (Å²) in [7, 11) is 0. The highest BCUT2D eigenvalue weighted by molar-refractivity contribution is 6.37. The molecule has 0 fully saturated rings. The average molecular weight is 374 g/mol. The first-order chi connectivity index (χ1) is 10.8. The van der Waals surface area contributed by atoms with Crippen molar-refractivity contribution in [2.24, 2.45) is 0 Å². The van der Waals surface area contributed by atoms with E-state index in [0.717, 1.165) is 5.56 Å². The van der Waals surface area contributed by atoms with Crippen LogP contribution >= 0.6 is 34.8 Å². The Hall–Kier alpha value is -1.49. The summed E-state index contributed by atoms with van der Waals surface area (Å²) >= 11 is 18.2. The molecule has 1 aromatic heterocycles. The number of amides is 1. The third kappa shape index (κ3) is 4.28. The second-order valence-corrected chi connectivity index (χ2v) is 6.23. The third-order valence-electron chi connectivity index (χ3n) is 3.19. The molecule has 1 N–H and O–H groups in total. The lowest BCUT2D eigenvalue weighted by molar-refractivity contribution is -0.118. The van der Waals surface area contributed by atoms with Crippen molar-refractivity contribution >= 4 is 46.4 Å². The fourth-order valence-electron chi connectivity index (χ4n) is 1.95. The molecule has 0 spiro atoms. The van der Waals surface area contributed by atoms with Gasteiger partial charge in [0.1, 0.15) is 10.0 Å². The number of anilines is 1. The molecule has 0 bridgehead atoms. The Morgan fingerprint density at radius 2 is 1.74 bits per heavy atom. The standard InChI is InChI=1S/C16H15Cl3N2O2/c1-8-4-5-11(17)6-12(8)21-13(22)7-23-16-14(18)9(2)20-10(3)15(16)19/h4-6H,7H2,1-3H3,(H,21,22). The molecule has 2 aromatic rings. The number of rotatable bonds is 4. The Bertz CT molecular complexity index is 737. The molecular weight excluding hydrogens is 359 g/mol. The van der Waals surface area contributed by atoms with Gasteiger partial charge in [0.15, 0.2) is 12.4 Å². The lowest BCUT2D eigenvalue weighted by Crippen LogP contribution is -2.21. The molecule has 0 aliphatic rings. The molecule has 7 heteroatoms. The van der Waals surface area contributed by atoms with Gasteiger partial charge in [0.05, 0.1) is 11.4 Å². The van der Waals surface area contributed by atoms with Gasteiger partial charge in [0.2, 0.25) is 0 Å². The Morgan fingerprint density at radius 3 is 2.35 bits per heavy atom. The van der Waals surface area contributed by atoms with E-state index in [4.69, 9.17) is 39.5 Å². The SMILES string of the molecule is Cc1ccc(Cl)cc1NC(=O)COc1c(Cl)c(C)nc(C)c1Cl. The molecule has 0 saturated heterocycles. The monoisotopic (exact) mass is 372 g/mol. The van der Waals surface area contributed by atoms with E-state index in [1.165, 1.54) is 0 Å². The highest BCUT2D eigenvalue weighted by atomic mass is 35.5. The van der Waals surface area contributed by atoms with E-state index in [9.17, 15) is 4.79 Å². The number of halogens is 3. The average Bonchev–Trinajstić information content (AvgIpc) is 2.49. The van der Waals surface area contributed by atoms with Crippen LogP contribution < -0.4 is 10.1 Å². The van der Waals surface area contributed by atoms with Crippen LogP contribution in [0, 0.1) is 20.8 Å². The van der Waals surface area contributed by atoms with Crippen LogP contribution in [0.25, 0.3) is 0 Å². The van der Waals surface area contributed by atoms with Crippen molar-refractivity contribution in [3.63, 3.8) is 0 Å². The molecule has 1 heterocycles. The van der Waals surface area contributed by atoms with Gasteiger partial charge < -0.3 is 10.1 Å². The number of nitrogens with zero attached hydrogens (tertiary/aromatic N) is 1. The number of hydrogen-bond acceptors (Lipinski definition) is 3. The summed E-state index contributed by atoms with van der Waals surface area (Å²) < 4.78 is 5.48. The second-order valence-electron chi connectivity index (χ2n) is 5.04. The predicted molar refractivity (Wildman–Crippen MR) is 94.0 cm³/mol. The highest BCUT2D eigenvalue weighted by Gasteiger charge is 2.16. The molecule has 23 heavy (non-hydrogen) atoms. The Balaban J connectivity index is 2.10. The van der Waals surface area contributed by atoms with Gasteiger partial charge in [-0.25, -0.2) is 0 Å². The van der Waals surface area contributed by atoms with E-state index in [1.807, 2.05) is 13.0 Å². The molecule has 0 saturated carbocycles. The summed E-state index contributed by atoms with van der Waals surface area (Å²) in [6.07, 6.45) is 0. The van der Waals surface area contributed by atoms with Gasteiger partial charge in [-0.05, 0) is 38.5 Å². The summed E-state index contributed by atoms with van der Waals surface area (Å²) in [5.41, 5.74) is 2.71. The van der Waals surface area contributed by atoms with Gasteiger partial charge in [-0.3, -0.25) is 9.78 Å². The minimum Gasteiger partial charge on any atom is -0.480 e. The molecule has 122 valence electrons. The van der Waals surface area contributed by atoms with E-state index in [-0.39, 0.29) is 18.3 Å². The van der Waals surface area contributed by atoms with Gasteiger partial charge in [-0.1, -0.05) is 40.9 Å². The molecule has 2 rings (SSSR count). The summed E-state index contributed by atoms with van der Waals surface area (Å²) in [5, 5.41) is 3.88. The number of aromatic nitrogens is 1. The van der Waals surface area contributed by atoms with Gasteiger partial charge in [0, 0.05) is 10.7 Å². The van der Waals surface area contributed by atoms with E-state index < -0.39 is 0 Å². The number of aryl methyl sites for hydroxylation is 3. The number of carbonyl (C=O) groups excluding carboxylic acids is 1. The lowest BCUT2D eigenvalue weighted by Gasteiger charge is -2.13. The minimum absolute atomic E-state index is 0.228. The van der Waals surface area contributed by atoms with Crippen LogP contribution in [0.5, 0.6) is 5.75 Å². The molecular formula is C16H15Cl3N2O2. The zero-order valence-corrected chi connectivity index (χ0v) is 15.1. The van der Waals surface area contributed by atoms with Crippen molar-refractivity contribution in [2.45, 2.75) is 20.8 Å². The first-order valence-electron chi connectivity index (χ1n) is 6.80. The normalized spacial score (nSPS) is 10.5. The van der Waals surface area contributed by atoms with Crippen molar-refractivity contribution < 1.29 is 9.53 Å². The molecule has 0 radical (unpaired) electrons. The Morgan fingerprint density at radius 1 is 1.13 bits per heavy atom. The summed E-state index contributed by atoms with van der Waals surface area (Å²) in [4.78, 5) is 16.3. The maximum atomic E-state index is 12.1. The van der Waals surface area contributed by atoms with Crippen LogP contribution in [0.4, 0.5) is 5.69 Å². The fraction of sp³-hybridized carbons (Fsp3) is 0.250. The summed E-state index contributed by atoms with van der Waals surface area (Å²) in [6, 6.07) is 5.25. The maximum absolute atomic E-state index is 12.1. The molecule has 0 atom stereocenters. The molecule has 0 unspecified atom stereocenters. The number of nitrogens with one attached hydrogen (secondary N) is 1. The smallest absolute Gasteiger partial charge is 0.262 e. The molecule has 4 nitrogen and oxygen atoms in total. The van der Waals surface area contributed by atoms with E-state index in [1.54, 1.807) is 26.0 Å². The zero-order chi connectivity index (χ0) is 17.1. The highest BCUT2D eigenvalue weighted by Crippen LogP contribution is 2.36. The first kappa shape index (κ1) is 17.9. The fourth-order valence-corrected chi connectivity index (χ4v) is 2.56. The summed E-state index contributed by atoms with van der Waals surface area (Å²) in [5.74, 6) is -0.0779. The first-order valence-corrected chi connectivity index (χ1v) is 7.94. The Kier molecular flexibility index (Phi) is 5.74. The van der Waals surface area contributed by atoms with Crippen molar-refractivity contribution in [1.29, 1.82) is 0 Å². The molecule has 0 aliphatic heterocycles. The van der Waals surface area contributed by atoms with Crippen molar-refractivity contribution in [2.75, 3.05) is 11.9 Å². The van der Waals surface area contributed by atoms with Gasteiger partial charge in [-0.2, -0.15) is 0 Å². The van der Waals surface area contributed by atoms with Gasteiger partial charge >= 0.3 is 0 Å². The number of carbonyl (C=O) groups is 1. The topological polar surface area (TPSA) is 51.2 Å². The van der Waals surface area contributed by atoms with Crippen LogP contribution in [-0.2, 0) is 4.79 Å². The molecule has 1 aromatic carbocycles. The van der Waals surface area contributed by atoms with Crippen molar-refractivity contribution in [3.8, 4) is 5.75 Å². The number of pyridine rings is 1. The minimum atomic E-state index is -0.338. The van der Waals surface area contributed by atoms with Crippen molar-refractivity contribution in [1.82, 2.24) is 4.98 Å². The van der Waals surface area contributed by atoms with Crippen LogP contribution in [0.2, 0.25) is 15.1 Å². The number of hydrogen-bond donors (Lipinski definition) is 1. The number of ether oxygens (including phenoxy) is 1. The van der Waals surface area contributed by atoms with Crippen LogP contribution in [-0.4, -0.2) is 17.5 Å². The van der Waals surface area contributed by atoms with E-state index >= 15 is 0 Å². The number of benzene rings is 1. The Labute approximate surface area is 149 Å². The van der Waals surface area contributed by atoms with Gasteiger partial charge in [0.25, 0.3) is 5.91 Å². The molecule has 0 aliphatic carbocycles. The van der Waals surface area contributed by atoms with E-state index in [2.05, 4.69) is 10.3 Å².